The van der Waals surface area contributed by atoms with E-state index in [2.05, 4.69) is 30.0 Å². The Kier molecular flexibility index (Phi) is 5.02. The van der Waals surface area contributed by atoms with Crippen molar-refractivity contribution in [2.75, 3.05) is 31.1 Å². The maximum Gasteiger partial charge on any atom is 0.253 e. The summed E-state index contributed by atoms with van der Waals surface area (Å²) in [6, 6.07) is 9.93. The minimum absolute atomic E-state index is 0.0526. The number of hydrogen-bond donors (Lipinski definition) is 0. The molecule has 0 N–H and O–H groups in total. The molecule has 1 aromatic carbocycles. The van der Waals surface area contributed by atoms with Gasteiger partial charge in [0.25, 0.3) is 5.91 Å². The van der Waals surface area contributed by atoms with Crippen LogP contribution in [0.1, 0.15) is 31.0 Å². The summed E-state index contributed by atoms with van der Waals surface area (Å²) < 4.78 is 8.08. The van der Waals surface area contributed by atoms with Crippen LogP contribution in [-0.4, -0.2) is 52.4 Å². The zero-order valence-corrected chi connectivity index (χ0v) is 16.2. The van der Waals surface area contributed by atoms with Gasteiger partial charge >= 0.3 is 0 Å². The molecule has 0 atom stereocenters. The zero-order chi connectivity index (χ0) is 18.9. The minimum atomic E-state index is -0.219. The van der Waals surface area contributed by atoms with E-state index in [1.807, 2.05) is 39.9 Å². The Morgan fingerprint density at radius 2 is 1.93 bits per heavy atom. The van der Waals surface area contributed by atoms with Crippen molar-refractivity contribution >= 4 is 11.6 Å². The van der Waals surface area contributed by atoms with Crippen LogP contribution in [-0.2, 0) is 22.6 Å². The Bertz CT molecular complexity index is 794. The molecule has 6 nitrogen and oxygen atoms in total. The Morgan fingerprint density at radius 3 is 2.59 bits per heavy atom. The summed E-state index contributed by atoms with van der Waals surface area (Å²) >= 11 is 0. The summed E-state index contributed by atoms with van der Waals surface area (Å²) in [6.45, 7) is 8.82. The monoisotopic (exact) mass is 368 g/mol. The van der Waals surface area contributed by atoms with Gasteiger partial charge in [-0.25, -0.2) is 0 Å². The van der Waals surface area contributed by atoms with Crippen LogP contribution >= 0.6 is 0 Å². The Labute approximate surface area is 160 Å². The van der Waals surface area contributed by atoms with Crippen LogP contribution < -0.4 is 4.90 Å². The third-order valence-electron chi connectivity index (χ3n) is 5.85. The number of ether oxygens (including phenoxy) is 1. The summed E-state index contributed by atoms with van der Waals surface area (Å²) in [5.74, 6) is 0.0526. The molecule has 3 heterocycles. The lowest BCUT2D eigenvalue weighted by Gasteiger charge is -2.47. The van der Waals surface area contributed by atoms with Gasteiger partial charge < -0.3 is 9.64 Å². The molecule has 0 radical (unpaired) electrons. The Balaban J connectivity index is 1.40. The molecule has 0 unspecified atom stereocenters. The Morgan fingerprint density at radius 1 is 1.19 bits per heavy atom. The van der Waals surface area contributed by atoms with Crippen molar-refractivity contribution < 1.29 is 9.53 Å². The van der Waals surface area contributed by atoms with Gasteiger partial charge in [-0.15, -0.1) is 0 Å². The van der Waals surface area contributed by atoms with E-state index in [1.54, 1.807) is 0 Å². The molecule has 2 aliphatic rings. The number of piperidine rings is 1. The van der Waals surface area contributed by atoms with Crippen LogP contribution in [0.15, 0.2) is 36.5 Å². The largest absolute Gasteiger partial charge is 0.363 e. The second-order valence-corrected chi connectivity index (χ2v) is 7.66. The topological polar surface area (TPSA) is 50.6 Å². The van der Waals surface area contributed by atoms with Crippen molar-refractivity contribution in [3.8, 4) is 0 Å². The van der Waals surface area contributed by atoms with Crippen LogP contribution in [0.3, 0.4) is 0 Å². The first-order chi connectivity index (χ1) is 13.1. The van der Waals surface area contributed by atoms with Gasteiger partial charge in [0.05, 0.1) is 17.8 Å². The van der Waals surface area contributed by atoms with Crippen LogP contribution in [0.4, 0.5) is 5.69 Å². The summed E-state index contributed by atoms with van der Waals surface area (Å²) in [7, 11) is 0. The highest BCUT2D eigenvalue weighted by molar-refractivity contribution is 5.95. The molecule has 27 heavy (non-hydrogen) atoms. The fraction of sp³-hybridized carbons (Fsp3) is 0.524. The number of likely N-dealkylation sites (tertiary alicyclic amines) is 1. The SMILES string of the molecule is CCn1cc(CN2CCC3(CC2)CN(c2ccccc2)C(=O)CO3)c(C)n1. The highest BCUT2D eigenvalue weighted by atomic mass is 16.5. The summed E-state index contributed by atoms with van der Waals surface area (Å²) in [6.07, 6.45) is 4.06. The molecule has 6 heteroatoms. The number of amides is 1. The van der Waals surface area contributed by atoms with Crippen molar-refractivity contribution in [3.05, 3.63) is 47.8 Å². The van der Waals surface area contributed by atoms with Crippen molar-refractivity contribution in [1.29, 1.82) is 0 Å². The van der Waals surface area contributed by atoms with E-state index in [0.717, 1.165) is 50.4 Å². The van der Waals surface area contributed by atoms with Gasteiger partial charge in [0.2, 0.25) is 0 Å². The fourth-order valence-corrected chi connectivity index (χ4v) is 4.10. The first kappa shape index (κ1) is 18.2. The van der Waals surface area contributed by atoms with E-state index < -0.39 is 0 Å². The highest BCUT2D eigenvalue weighted by Crippen LogP contribution is 2.33. The van der Waals surface area contributed by atoms with Gasteiger partial charge in [-0.1, -0.05) is 18.2 Å². The summed E-state index contributed by atoms with van der Waals surface area (Å²) in [5.41, 5.74) is 3.17. The smallest absolute Gasteiger partial charge is 0.253 e. The van der Waals surface area contributed by atoms with Gasteiger partial charge in [0.1, 0.15) is 6.61 Å². The highest BCUT2D eigenvalue weighted by Gasteiger charge is 2.42. The predicted molar refractivity (Wildman–Crippen MR) is 105 cm³/mol. The standard InChI is InChI=1S/C21H28N4O2/c1-3-24-14-18(17(2)22-24)13-23-11-9-21(10-12-23)16-25(20(26)15-27-21)19-7-5-4-6-8-19/h4-8,14H,3,9-13,15-16H2,1-2H3. The first-order valence-corrected chi connectivity index (χ1v) is 9.83. The van der Waals surface area contributed by atoms with Crippen LogP contribution in [0.5, 0.6) is 0 Å². The molecular weight excluding hydrogens is 340 g/mol. The molecule has 0 saturated carbocycles. The molecule has 2 aromatic rings. The van der Waals surface area contributed by atoms with Crippen molar-refractivity contribution in [2.24, 2.45) is 0 Å². The van der Waals surface area contributed by atoms with Gasteiger partial charge in [-0.05, 0) is 38.8 Å². The lowest BCUT2D eigenvalue weighted by atomic mass is 9.89. The van der Waals surface area contributed by atoms with Gasteiger partial charge in [0.15, 0.2) is 0 Å². The predicted octanol–water partition coefficient (Wildman–Crippen LogP) is 2.61. The maximum absolute atomic E-state index is 12.4. The molecule has 4 rings (SSSR count). The second-order valence-electron chi connectivity index (χ2n) is 7.66. The molecule has 1 spiro atoms. The molecule has 144 valence electrons. The van der Waals surface area contributed by atoms with Gasteiger partial charge in [-0.2, -0.15) is 5.10 Å². The van der Waals surface area contributed by atoms with Gasteiger partial charge in [-0.3, -0.25) is 14.4 Å². The first-order valence-electron chi connectivity index (χ1n) is 9.83. The molecule has 2 fully saturated rings. The number of aromatic nitrogens is 2. The normalized spacial score (nSPS) is 20.4. The quantitative estimate of drug-likeness (QED) is 0.832. The lowest BCUT2D eigenvalue weighted by Crippen LogP contribution is -2.58. The number of carbonyl (C=O) groups excluding carboxylic acids is 1. The maximum atomic E-state index is 12.4. The number of morpholine rings is 1. The molecule has 0 aliphatic carbocycles. The molecule has 2 aliphatic heterocycles. The van der Waals surface area contributed by atoms with Crippen LogP contribution in [0.25, 0.3) is 0 Å². The number of carbonyl (C=O) groups is 1. The van der Waals surface area contributed by atoms with E-state index in [1.165, 1.54) is 5.56 Å². The molecular formula is C21H28N4O2. The summed E-state index contributed by atoms with van der Waals surface area (Å²) in [4.78, 5) is 16.7. The number of para-hydroxylation sites is 1. The number of benzene rings is 1. The molecule has 0 bridgehead atoms. The number of rotatable bonds is 4. The minimum Gasteiger partial charge on any atom is -0.363 e. The third-order valence-corrected chi connectivity index (χ3v) is 5.85. The third kappa shape index (κ3) is 3.77. The summed E-state index contributed by atoms with van der Waals surface area (Å²) in [5, 5.41) is 4.55. The van der Waals surface area contributed by atoms with Gasteiger partial charge in [0, 0.05) is 43.6 Å². The number of aryl methyl sites for hydroxylation is 2. The van der Waals surface area contributed by atoms with Crippen molar-refractivity contribution in [2.45, 2.75) is 45.4 Å². The number of hydrogen-bond acceptors (Lipinski definition) is 4. The zero-order valence-electron chi connectivity index (χ0n) is 16.2. The second kappa shape index (κ2) is 7.44. The fourth-order valence-electron chi connectivity index (χ4n) is 4.10. The number of nitrogens with zero attached hydrogens (tertiary/aromatic N) is 4. The van der Waals surface area contributed by atoms with Crippen molar-refractivity contribution in [3.63, 3.8) is 0 Å². The van der Waals surface area contributed by atoms with E-state index in [9.17, 15) is 4.79 Å². The lowest BCUT2D eigenvalue weighted by molar-refractivity contribution is -0.144. The van der Waals surface area contributed by atoms with Crippen molar-refractivity contribution in [1.82, 2.24) is 14.7 Å². The molecule has 1 amide bonds. The van der Waals surface area contributed by atoms with E-state index in [4.69, 9.17) is 4.74 Å². The molecule has 1 aromatic heterocycles. The number of anilines is 1. The van der Waals surface area contributed by atoms with E-state index in [-0.39, 0.29) is 18.1 Å². The van der Waals surface area contributed by atoms with E-state index >= 15 is 0 Å². The molecule has 2 saturated heterocycles. The average molecular weight is 368 g/mol. The average Bonchev–Trinajstić information content (AvgIpc) is 3.06. The van der Waals surface area contributed by atoms with Crippen LogP contribution in [0.2, 0.25) is 0 Å². The Hall–Kier alpha value is -2.18. The van der Waals surface area contributed by atoms with E-state index in [0.29, 0.717) is 6.54 Å². The van der Waals surface area contributed by atoms with Crippen LogP contribution in [0, 0.1) is 6.92 Å².